The number of fused-ring (bicyclic) bond motifs is 2. The van der Waals surface area contributed by atoms with Crippen LogP contribution in [0.4, 0.5) is 13.6 Å². The van der Waals surface area contributed by atoms with Crippen molar-refractivity contribution in [2.24, 2.45) is 0 Å². The van der Waals surface area contributed by atoms with E-state index in [1.165, 1.54) is 54.7 Å². The fourth-order valence-corrected chi connectivity index (χ4v) is 5.78. The highest BCUT2D eigenvalue weighted by atomic mass is 19.1. The second kappa shape index (κ2) is 11.3. The Kier molecular flexibility index (Phi) is 7.40. The Morgan fingerprint density at radius 1 is 0.953 bits per heavy atom. The fourth-order valence-electron chi connectivity index (χ4n) is 5.78. The number of halogens is 2. The zero-order valence-electron chi connectivity index (χ0n) is 23.2. The molecule has 2 atom stereocenters. The van der Waals surface area contributed by atoms with Crippen molar-refractivity contribution in [2.45, 2.75) is 31.8 Å². The van der Waals surface area contributed by atoms with Gasteiger partial charge in [0.1, 0.15) is 23.8 Å². The van der Waals surface area contributed by atoms with Crippen molar-refractivity contribution >= 4 is 28.9 Å². The summed E-state index contributed by atoms with van der Waals surface area (Å²) in [7, 11) is 1.62. The molecule has 4 aromatic rings. The normalized spacial score (nSPS) is 19.2. The summed E-state index contributed by atoms with van der Waals surface area (Å²) in [5.74, 6) is -1.79. The molecule has 2 aliphatic heterocycles. The van der Waals surface area contributed by atoms with Gasteiger partial charge < -0.3 is 20.1 Å². The van der Waals surface area contributed by atoms with E-state index >= 15 is 0 Å². The second-order valence-electron chi connectivity index (χ2n) is 10.6. The van der Waals surface area contributed by atoms with Crippen molar-refractivity contribution < 1.29 is 23.2 Å². The van der Waals surface area contributed by atoms with Gasteiger partial charge >= 0.3 is 11.7 Å². The maximum Gasteiger partial charge on any atom is 0.334 e. The first-order chi connectivity index (χ1) is 20.7. The number of carbonyl (C=O) groups excluding carboxylic acids is 3. The lowest BCUT2D eigenvalue weighted by molar-refractivity contribution is -0.188. The predicted octanol–water partition coefficient (Wildman–Crippen LogP) is 2.25. The molecule has 0 saturated carbocycles. The van der Waals surface area contributed by atoms with E-state index in [9.17, 15) is 28.0 Å². The molecule has 2 aliphatic rings. The van der Waals surface area contributed by atoms with Crippen LogP contribution in [0.1, 0.15) is 11.1 Å². The minimum absolute atomic E-state index is 0.0183. The number of nitrogens with zero attached hydrogens (tertiary/aromatic N) is 5. The molecule has 3 aromatic carbocycles. The van der Waals surface area contributed by atoms with E-state index < -0.39 is 47.4 Å². The minimum atomic E-state index is -1.16. The summed E-state index contributed by atoms with van der Waals surface area (Å²) in [6.45, 7) is -0.0892. The molecule has 0 unspecified atom stereocenters. The van der Waals surface area contributed by atoms with Gasteiger partial charge in [-0.3, -0.25) is 14.2 Å². The lowest BCUT2D eigenvalue weighted by Crippen LogP contribution is -2.76. The monoisotopic (exact) mass is 589 g/mol. The van der Waals surface area contributed by atoms with Crippen molar-refractivity contribution in [3.8, 4) is 0 Å². The molecule has 0 spiro atoms. The smallest absolute Gasteiger partial charge is 0.333 e. The number of urea groups is 1. The van der Waals surface area contributed by atoms with Crippen LogP contribution in [0.25, 0.3) is 11.0 Å². The molecule has 13 heteroatoms. The number of likely N-dealkylation sites (N-methyl/N-ethyl adjacent to an activating group) is 1. The van der Waals surface area contributed by atoms with Crippen molar-refractivity contribution in [3.63, 3.8) is 0 Å². The molecule has 222 valence electrons. The fraction of sp³-hybridized carbons (Fsp3) is 0.267. The van der Waals surface area contributed by atoms with Crippen LogP contribution in [0, 0.1) is 11.6 Å². The van der Waals surface area contributed by atoms with E-state index in [-0.39, 0.29) is 38.2 Å². The summed E-state index contributed by atoms with van der Waals surface area (Å²) < 4.78 is 28.8. The van der Waals surface area contributed by atoms with Crippen molar-refractivity contribution in [1.29, 1.82) is 0 Å². The summed E-state index contributed by atoms with van der Waals surface area (Å²) in [5, 5.41) is 5.81. The highest BCUT2D eigenvalue weighted by Crippen LogP contribution is 2.28. The SMILES string of the molecule is CN1CC(=O)N2[C@H](Cn3c(=O)[nH]c4cc(F)ccc43)C(=O)N(Cc3ccc(F)cc3)C[C@@H]2N1C(=O)NCc1ccccc1. The number of piperazine rings is 1. The summed E-state index contributed by atoms with van der Waals surface area (Å²) in [6, 6.07) is 17.2. The van der Waals surface area contributed by atoms with E-state index in [2.05, 4.69) is 10.3 Å². The highest BCUT2D eigenvalue weighted by Gasteiger charge is 2.51. The number of carbonyl (C=O) groups is 3. The quantitative estimate of drug-likeness (QED) is 0.358. The van der Waals surface area contributed by atoms with Gasteiger partial charge in [-0.25, -0.2) is 28.4 Å². The number of imidazole rings is 1. The second-order valence-corrected chi connectivity index (χ2v) is 10.6. The number of rotatable bonds is 6. The first-order valence-corrected chi connectivity index (χ1v) is 13.7. The Labute approximate surface area is 244 Å². The minimum Gasteiger partial charge on any atom is -0.333 e. The molecule has 0 aliphatic carbocycles. The molecule has 3 heterocycles. The molecule has 2 fully saturated rings. The molecule has 2 N–H and O–H groups in total. The van der Waals surface area contributed by atoms with Gasteiger partial charge in [0, 0.05) is 20.1 Å². The molecule has 0 bridgehead atoms. The number of hydrogen-bond acceptors (Lipinski definition) is 5. The number of hydrogen-bond donors (Lipinski definition) is 2. The van der Waals surface area contributed by atoms with Gasteiger partial charge in [0.2, 0.25) is 11.8 Å². The Hall–Kier alpha value is -5.04. The van der Waals surface area contributed by atoms with E-state index in [1.54, 1.807) is 19.2 Å². The predicted molar refractivity (Wildman–Crippen MR) is 152 cm³/mol. The summed E-state index contributed by atoms with van der Waals surface area (Å²) >= 11 is 0. The van der Waals surface area contributed by atoms with Crippen LogP contribution in [0.2, 0.25) is 0 Å². The average Bonchev–Trinajstić information content (AvgIpc) is 3.29. The number of nitrogens with one attached hydrogen (secondary N) is 2. The number of aromatic nitrogens is 2. The zero-order chi connectivity index (χ0) is 30.2. The van der Waals surface area contributed by atoms with Crippen LogP contribution < -0.4 is 11.0 Å². The Bertz CT molecular complexity index is 1740. The van der Waals surface area contributed by atoms with Crippen LogP contribution in [-0.4, -0.2) is 79.6 Å². The largest absolute Gasteiger partial charge is 0.334 e. The van der Waals surface area contributed by atoms with Crippen LogP contribution in [0.15, 0.2) is 77.6 Å². The van der Waals surface area contributed by atoms with E-state index in [0.717, 1.165) is 5.56 Å². The lowest BCUT2D eigenvalue weighted by Gasteiger charge is -2.54. The Morgan fingerprint density at radius 2 is 1.67 bits per heavy atom. The Balaban J connectivity index is 1.36. The third-order valence-corrected chi connectivity index (χ3v) is 7.81. The number of H-pyrrole nitrogens is 1. The summed E-state index contributed by atoms with van der Waals surface area (Å²) in [5.41, 5.74) is 1.58. The number of aromatic amines is 1. The first kappa shape index (κ1) is 28.1. The molecule has 0 radical (unpaired) electrons. The molecule has 2 saturated heterocycles. The zero-order valence-corrected chi connectivity index (χ0v) is 23.2. The summed E-state index contributed by atoms with van der Waals surface area (Å²) in [4.78, 5) is 59.6. The third kappa shape index (κ3) is 5.46. The number of hydrazine groups is 1. The van der Waals surface area contributed by atoms with Gasteiger partial charge in [-0.1, -0.05) is 42.5 Å². The molecule has 4 amide bonds. The molecular formula is C30H29F2N7O4. The maximum atomic E-state index is 14.0. The standard InChI is InChI=1S/C30H29F2N7O4/c1-35-18-27(40)38-25(16-37-24-12-11-22(32)13-23(24)34-30(37)43)28(41)36(15-20-7-9-21(31)10-8-20)17-26(38)39(35)29(42)33-14-19-5-3-2-4-6-19/h2-13,25-26H,14-18H2,1H3,(H,33,42)(H,34,43)/t25-,26+/m1/s1. The lowest BCUT2D eigenvalue weighted by atomic mass is 10.0. The van der Waals surface area contributed by atoms with E-state index in [0.29, 0.717) is 11.1 Å². The van der Waals surface area contributed by atoms with Crippen LogP contribution >= 0.6 is 0 Å². The number of benzene rings is 3. The average molecular weight is 590 g/mol. The summed E-state index contributed by atoms with van der Waals surface area (Å²) in [6.07, 6.45) is -0.900. The topological polar surface area (TPSA) is 114 Å². The van der Waals surface area contributed by atoms with Gasteiger partial charge in [-0.05, 0) is 41.5 Å². The molecule has 6 rings (SSSR count). The molecule has 1 aromatic heterocycles. The van der Waals surface area contributed by atoms with Gasteiger partial charge in [0.05, 0.1) is 30.7 Å². The van der Waals surface area contributed by atoms with E-state index in [4.69, 9.17) is 0 Å². The highest BCUT2D eigenvalue weighted by molar-refractivity contribution is 5.91. The number of amides is 4. The van der Waals surface area contributed by atoms with Crippen LogP contribution in [0.3, 0.4) is 0 Å². The molecule has 11 nitrogen and oxygen atoms in total. The molecule has 43 heavy (non-hydrogen) atoms. The van der Waals surface area contributed by atoms with Crippen molar-refractivity contribution in [3.05, 3.63) is 106 Å². The van der Waals surface area contributed by atoms with Crippen LogP contribution in [-0.2, 0) is 29.2 Å². The third-order valence-electron chi connectivity index (χ3n) is 7.81. The van der Waals surface area contributed by atoms with E-state index in [1.807, 2.05) is 30.3 Å². The maximum absolute atomic E-state index is 14.0. The molecular weight excluding hydrogens is 560 g/mol. The van der Waals surface area contributed by atoms with Gasteiger partial charge in [-0.15, -0.1) is 0 Å². The Morgan fingerprint density at radius 3 is 2.42 bits per heavy atom. The van der Waals surface area contributed by atoms with Crippen molar-refractivity contribution in [2.75, 3.05) is 20.1 Å². The van der Waals surface area contributed by atoms with Crippen LogP contribution in [0.5, 0.6) is 0 Å². The van der Waals surface area contributed by atoms with Crippen molar-refractivity contribution in [1.82, 2.24) is 34.7 Å². The van der Waals surface area contributed by atoms with Gasteiger partial charge in [0.15, 0.2) is 0 Å². The van der Waals surface area contributed by atoms with Gasteiger partial charge in [-0.2, -0.15) is 0 Å². The first-order valence-electron chi connectivity index (χ1n) is 13.7. The van der Waals surface area contributed by atoms with Gasteiger partial charge in [0.25, 0.3) is 0 Å².